The highest BCUT2D eigenvalue weighted by atomic mass is 35.5. The van der Waals surface area contributed by atoms with Gasteiger partial charge in [-0.15, -0.1) is 12.4 Å². The number of nitrogens with one attached hydrogen (secondary N) is 1. The summed E-state index contributed by atoms with van der Waals surface area (Å²) >= 11 is 0. The standard InChI is InChI=1S/C16H24N4O4S.ClH/c17-8-9-18-15(21)6-7-16(22)19-10-12-20(13-11-19)25(23,24)14-4-2-1-3-5-14;/h1-5H,6-13,17H2,(H,18,21);1H. The first-order valence-corrected chi connectivity index (χ1v) is 9.69. The summed E-state index contributed by atoms with van der Waals surface area (Å²) in [5, 5.41) is 2.61. The number of sulfonamides is 1. The molecule has 10 heteroatoms. The fraction of sp³-hybridized carbons (Fsp3) is 0.500. The number of carbonyl (C=O) groups is 2. The number of benzene rings is 1. The molecule has 0 radical (unpaired) electrons. The molecule has 0 saturated carbocycles. The maximum absolute atomic E-state index is 12.5. The summed E-state index contributed by atoms with van der Waals surface area (Å²) in [4.78, 5) is 25.5. The smallest absolute Gasteiger partial charge is 0.243 e. The molecule has 0 unspecified atom stereocenters. The van der Waals surface area contributed by atoms with Crippen LogP contribution in [0.5, 0.6) is 0 Å². The van der Waals surface area contributed by atoms with Crippen molar-refractivity contribution in [2.24, 2.45) is 5.73 Å². The molecule has 146 valence electrons. The Morgan fingerprint density at radius 3 is 2.23 bits per heavy atom. The van der Waals surface area contributed by atoms with E-state index >= 15 is 0 Å². The van der Waals surface area contributed by atoms with Gasteiger partial charge in [0.2, 0.25) is 21.8 Å². The number of rotatable bonds is 7. The SMILES string of the molecule is Cl.NCCNC(=O)CCC(=O)N1CCN(S(=O)(=O)c2ccccc2)CC1. The number of nitrogens with two attached hydrogens (primary N) is 1. The highest BCUT2D eigenvalue weighted by Crippen LogP contribution is 2.17. The van der Waals surface area contributed by atoms with E-state index in [4.69, 9.17) is 5.73 Å². The third-order valence-corrected chi connectivity index (χ3v) is 5.92. The number of piperazine rings is 1. The molecule has 0 bridgehead atoms. The van der Waals surface area contributed by atoms with Crippen LogP contribution in [0, 0.1) is 0 Å². The minimum Gasteiger partial charge on any atom is -0.355 e. The third-order valence-electron chi connectivity index (χ3n) is 4.00. The normalized spacial score (nSPS) is 15.2. The largest absolute Gasteiger partial charge is 0.355 e. The first-order valence-electron chi connectivity index (χ1n) is 8.25. The zero-order valence-corrected chi connectivity index (χ0v) is 16.1. The predicted molar refractivity (Wildman–Crippen MR) is 100 cm³/mol. The van der Waals surface area contributed by atoms with Crippen molar-refractivity contribution >= 4 is 34.2 Å². The van der Waals surface area contributed by atoms with Crippen molar-refractivity contribution in [1.29, 1.82) is 0 Å². The molecule has 2 amide bonds. The van der Waals surface area contributed by atoms with Gasteiger partial charge in [0.05, 0.1) is 4.90 Å². The Balaban J connectivity index is 0.00000338. The number of amides is 2. The fourth-order valence-electron chi connectivity index (χ4n) is 2.60. The molecule has 3 N–H and O–H groups in total. The summed E-state index contributed by atoms with van der Waals surface area (Å²) in [7, 11) is -3.53. The summed E-state index contributed by atoms with van der Waals surface area (Å²) in [6.07, 6.45) is 0.225. The molecule has 8 nitrogen and oxygen atoms in total. The van der Waals surface area contributed by atoms with Gasteiger partial charge in [-0.2, -0.15) is 4.31 Å². The van der Waals surface area contributed by atoms with Crippen LogP contribution >= 0.6 is 12.4 Å². The molecule has 1 saturated heterocycles. The van der Waals surface area contributed by atoms with Crippen molar-refractivity contribution in [3.8, 4) is 0 Å². The molecule has 1 aliphatic heterocycles. The second kappa shape index (κ2) is 10.5. The van der Waals surface area contributed by atoms with Crippen molar-refractivity contribution in [3.05, 3.63) is 30.3 Å². The molecule has 1 aliphatic rings. The van der Waals surface area contributed by atoms with Gasteiger partial charge in [-0.3, -0.25) is 9.59 Å². The Labute approximate surface area is 160 Å². The van der Waals surface area contributed by atoms with Crippen LogP contribution in [0.1, 0.15) is 12.8 Å². The van der Waals surface area contributed by atoms with Crippen molar-refractivity contribution in [1.82, 2.24) is 14.5 Å². The molecule has 1 heterocycles. The average molecular weight is 405 g/mol. The number of nitrogens with zero attached hydrogens (tertiary/aromatic N) is 2. The minimum atomic E-state index is -3.53. The maximum Gasteiger partial charge on any atom is 0.243 e. The van der Waals surface area contributed by atoms with E-state index < -0.39 is 10.0 Å². The number of hydrogen-bond donors (Lipinski definition) is 2. The Kier molecular flexibility index (Phi) is 9.00. The lowest BCUT2D eigenvalue weighted by molar-refractivity contribution is -0.134. The molecule has 1 aromatic carbocycles. The van der Waals surface area contributed by atoms with Crippen molar-refractivity contribution in [3.63, 3.8) is 0 Å². The second-order valence-electron chi connectivity index (χ2n) is 5.74. The highest BCUT2D eigenvalue weighted by molar-refractivity contribution is 7.89. The zero-order chi connectivity index (χ0) is 18.3. The molecule has 26 heavy (non-hydrogen) atoms. The third kappa shape index (κ3) is 5.94. The Morgan fingerprint density at radius 2 is 1.65 bits per heavy atom. The van der Waals surface area contributed by atoms with Crippen molar-refractivity contribution < 1.29 is 18.0 Å². The maximum atomic E-state index is 12.5. The summed E-state index contributed by atoms with van der Waals surface area (Å²) < 4.78 is 26.5. The lowest BCUT2D eigenvalue weighted by Gasteiger charge is -2.34. The van der Waals surface area contributed by atoms with Crippen LogP contribution in [0.2, 0.25) is 0 Å². The van der Waals surface area contributed by atoms with Gasteiger partial charge >= 0.3 is 0 Å². The number of carbonyl (C=O) groups excluding carboxylic acids is 2. The van der Waals surface area contributed by atoms with Crippen LogP contribution in [0.3, 0.4) is 0 Å². The molecular formula is C16H25ClN4O4S. The lowest BCUT2D eigenvalue weighted by atomic mass is 10.2. The fourth-order valence-corrected chi connectivity index (χ4v) is 4.04. The van der Waals surface area contributed by atoms with Gasteiger partial charge in [0, 0.05) is 52.1 Å². The van der Waals surface area contributed by atoms with Gasteiger partial charge in [-0.05, 0) is 12.1 Å². The first-order chi connectivity index (χ1) is 11.9. The molecule has 0 atom stereocenters. The summed E-state index contributed by atoms with van der Waals surface area (Å²) in [6, 6.07) is 8.25. The quantitative estimate of drug-likeness (QED) is 0.653. The monoisotopic (exact) mass is 404 g/mol. The van der Waals surface area contributed by atoms with Crippen LogP contribution < -0.4 is 11.1 Å². The summed E-state index contributed by atoms with van der Waals surface area (Å²) in [5.74, 6) is -0.344. The molecular weight excluding hydrogens is 380 g/mol. The van der Waals surface area contributed by atoms with E-state index in [9.17, 15) is 18.0 Å². The Hall–Kier alpha value is -1.68. The zero-order valence-electron chi connectivity index (χ0n) is 14.5. The molecule has 1 fully saturated rings. The van der Waals surface area contributed by atoms with Gasteiger partial charge in [-0.25, -0.2) is 8.42 Å². The second-order valence-corrected chi connectivity index (χ2v) is 7.67. The molecule has 0 spiro atoms. The van der Waals surface area contributed by atoms with Gasteiger partial charge in [0.1, 0.15) is 0 Å². The van der Waals surface area contributed by atoms with Crippen LogP contribution in [0.25, 0.3) is 0 Å². The van der Waals surface area contributed by atoms with Gasteiger partial charge in [-0.1, -0.05) is 18.2 Å². The number of halogens is 1. The van der Waals surface area contributed by atoms with Crippen LogP contribution in [0.15, 0.2) is 35.2 Å². The predicted octanol–water partition coefficient (Wildman–Crippen LogP) is -0.204. The Morgan fingerprint density at radius 1 is 1.04 bits per heavy atom. The van der Waals surface area contributed by atoms with E-state index in [-0.39, 0.29) is 55.0 Å². The average Bonchev–Trinajstić information content (AvgIpc) is 2.65. The highest BCUT2D eigenvalue weighted by Gasteiger charge is 2.29. The molecule has 2 rings (SSSR count). The van der Waals surface area contributed by atoms with Gasteiger partial charge < -0.3 is 16.0 Å². The van der Waals surface area contributed by atoms with E-state index in [0.717, 1.165) is 0 Å². The molecule has 0 aliphatic carbocycles. The number of hydrogen-bond acceptors (Lipinski definition) is 5. The van der Waals surface area contributed by atoms with Gasteiger partial charge in [0.15, 0.2) is 0 Å². The van der Waals surface area contributed by atoms with Crippen molar-refractivity contribution in [2.45, 2.75) is 17.7 Å². The molecule has 1 aromatic rings. The van der Waals surface area contributed by atoms with Gasteiger partial charge in [0.25, 0.3) is 0 Å². The molecule has 0 aromatic heterocycles. The minimum absolute atomic E-state index is 0. The topological polar surface area (TPSA) is 113 Å². The van der Waals surface area contributed by atoms with E-state index in [1.165, 1.54) is 4.31 Å². The van der Waals surface area contributed by atoms with E-state index in [1.807, 2.05) is 0 Å². The first kappa shape index (κ1) is 22.4. The Bertz CT molecular complexity index is 691. The van der Waals surface area contributed by atoms with E-state index in [1.54, 1.807) is 35.2 Å². The van der Waals surface area contributed by atoms with Crippen molar-refractivity contribution in [2.75, 3.05) is 39.3 Å². The van der Waals surface area contributed by atoms with E-state index in [0.29, 0.717) is 26.2 Å². The summed E-state index contributed by atoms with van der Waals surface area (Å²) in [6.45, 7) is 1.91. The van der Waals surface area contributed by atoms with Crippen LogP contribution in [-0.4, -0.2) is 68.7 Å². The van der Waals surface area contributed by atoms with Crippen LogP contribution in [0.4, 0.5) is 0 Å². The van der Waals surface area contributed by atoms with Crippen LogP contribution in [-0.2, 0) is 19.6 Å². The van der Waals surface area contributed by atoms with E-state index in [2.05, 4.69) is 5.32 Å². The lowest BCUT2D eigenvalue weighted by Crippen LogP contribution is -2.50. The summed E-state index contributed by atoms with van der Waals surface area (Å²) in [5.41, 5.74) is 5.30.